The van der Waals surface area contributed by atoms with E-state index in [1.807, 2.05) is 6.07 Å². The van der Waals surface area contributed by atoms with Gasteiger partial charge in [0.25, 0.3) is 0 Å². The van der Waals surface area contributed by atoms with Crippen LogP contribution in [-0.4, -0.2) is 23.6 Å². The third-order valence-electron chi connectivity index (χ3n) is 4.19. The highest BCUT2D eigenvalue weighted by Crippen LogP contribution is 2.43. The number of rotatable bonds is 2. The average Bonchev–Trinajstić information content (AvgIpc) is 3.09. The number of aromatic nitrogens is 2. The molecule has 0 saturated carbocycles. The maximum Gasteiger partial charge on any atom is 0.140 e. The number of benzene rings is 1. The Morgan fingerprint density at radius 3 is 3.05 bits per heavy atom. The number of aromatic amines is 1. The number of nitrogens with zero attached hydrogens (tertiary/aromatic N) is 2. The van der Waals surface area contributed by atoms with Gasteiger partial charge >= 0.3 is 0 Å². The summed E-state index contributed by atoms with van der Waals surface area (Å²) in [5.74, 6) is 0. The first kappa shape index (κ1) is 14.7. The SMILES string of the molecule is CN1CCc2ccc(-c3c(SI)[nH]c4nccc(Cl)c34)cc21. The molecule has 0 spiro atoms. The van der Waals surface area contributed by atoms with Crippen LogP contribution in [0.4, 0.5) is 5.69 Å². The van der Waals surface area contributed by atoms with Crippen LogP contribution in [0.25, 0.3) is 22.2 Å². The van der Waals surface area contributed by atoms with Gasteiger partial charge in [-0.15, -0.1) is 0 Å². The molecule has 0 saturated heterocycles. The second kappa shape index (κ2) is 5.62. The molecule has 0 bridgehead atoms. The van der Waals surface area contributed by atoms with Crippen molar-refractivity contribution in [1.29, 1.82) is 0 Å². The molecule has 3 nitrogen and oxygen atoms in total. The highest BCUT2D eigenvalue weighted by atomic mass is 127. The van der Waals surface area contributed by atoms with Crippen molar-refractivity contribution in [3.63, 3.8) is 0 Å². The van der Waals surface area contributed by atoms with Gasteiger partial charge in [0.15, 0.2) is 0 Å². The van der Waals surface area contributed by atoms with Crippen LogP contribution in [0.5, 0.6) is 0 Å². The predicted molar refractivity (Wildman–Crippen MR) is 103 cm³/mol. The molecule has 2 aromatic heterocycles. The third-order valence-corrected chi connectivity index (χ3v) is 6.28. The number of fused-ring (bicyclic) bond motifs is 2. The number of hydrogen-bond acceptors (Lipinski definition) is 3. The molecular weight excluding hydrogens is 429 g/mol. The Morgan fingerprint density at radius 1 is 1.36 bits per heavy atom. The van der Waals surface area contributed by atoms with E-state index >= 15 is 0 Å². The fourth-order valence-corrected chi connectivity index (χ4v) is 4.75. The van der Waals surface area contributed by atoms with E-state index in [2.05, 4.69) is 61.3 Å². The largest absolute Gasteiger partial charge is 0.374 e. The number of likely N-dealkylation sites (N-methyl/N-ethyl adjacent to an activating group) is 1. The van der Waals surface area contributed by atoms with Crippen LogP contribution in [0, 0.1) is 0 Å². The van der Waals surface area contributed by atoms with Gasteiger partial charge in [-0.05, 0) is 38.6 Å². The first-order valence-electron chi connectivity index (χ1n) is 6.98. The standard InChI is InChI=1S/C16H13ClIN3S/c1-21-7-5-9-2-3-10(8-12(9)21)13-14-11(17)4-6-19-15(14)20-16(13)22-18/h2-4,6,8H,5,7H2,1H3,(H,19,20). The smallest absolute Gasteiger partial charge is 0.140 e. The van der Waals surface area contributed by atoms with Gasteiger partial charge in [0.2, 0.25) is 0 Å². The second-order valence-electron chi connectivity index (χ2n) is 5.44. The first-order chi connectivity index (χ1) is 10.7. The van der Waals surface area contributed by atoms with Crippen LogP contribution in [0.3, 0.4) is 0 Å². The molecule has 1 aliphatic heterocycles. The summed E-state index contributed by atoms with van der Waals surface area (Å²) in [6.45, 7) is 1.09. The lowest BCUT2D eigenvalue weighted by molar-refractivity contribution is 0.956. The topological polar surface area (TPSA) is 31.9 Å². The van der Waals surface area contributed by atoms with Gasteiger partial charge in [-0.3, -0.25) is 0 Å². The summed E-state index contributed by atoms with van der Waals surface area (Å²) in [6.07, 6.45) is 2.86. The van der Waals surface area contributed by atoms with Crippen molar-refractivity contribution in [2.24, 2.45) is 0 Å². The van der Waals surface area contributed by atoms with Crippen LogP contribution in [-0.2, 0) is 6.42 Å². The summed E-state index contributed by atoms with van der Waals surface area (Å²) in [5.41, 5.74) is 5.91. The van der Waals surface area contributed by atoms with E-state index in [1.165, 1.54) is 16.8 Å². The Kier molecular flexibility index (Phi) is 3.74. The van der Waals surface area contributed by atoms with Crippen LogP contribution in [0.1, 0.15) is 5.56 Å². The van der Waals surface area contributed by atoms with Gasteiger partial charge in [-0.2, -0.15) is 0 Å². The quantitative estimate of drug-likeness (QED) is 0.546. The minimum atomic E-state index is 0.738. The van der Waals surface area contributed by atoms with Crippen molar-refractivity contribution in [1.82, 2.24) is 9.97 Å². The summed E-state index contributed by atoms with van der Waals surface area (Å²) >= 11 is 8.74. The Balaban J connectivity index is 2.00. The van der Waals surface area contributed by atoms with Gasteiger partial charge in [-0.25, -0.2) is 4.98 Å². The zero-order chi connectivity index (χ0) is 15.3. The molecule has 6 heteroatoms. The van der Waals surface area contributed by atoms with E-state index in [0.29, 0.717) is 0 Å². The summed E-state index contributed by atoms with van der Waals surface area (Å²) < 4.78 is 0. The van der Waals surface area contributed by atoms with Crippen molar-refractivity contribution < 1.29 is 0 Å². The molecule has 0 aliphatic carbocycles. The number of hydrogen-bond donors (Lipinski definition) is 1. The summed E-state index contributed by atoms with van der Waals surface area (Å²) in [4.78, 5) is 10.1. The number of pyridine rings is 1. The van der Waals surface area contributed by atoms with E-state index < -0.39 is 0 Å². The molecule has 3 heterocycles. The van der Waals surface area contributed by atoms with Gasteiger partial charge in [-0.1, -0.05) is 23.7 Å². The predicted octanol–water partition coefficient (Wildman–Crippen LogP) is 5.32. The maximum atomic E-state index is 6.45. The number of H-pyrrole nitrogens is 1. The lowest BCUT2D eigenvalue weighted by atomic mass is 10.0. The molecule has 4 rings (SSSR count). The summed E-state index contributed by atoms with van der Waals surface area (Å²) in [5, 5.41) is 2.84. The molecule has 3 aromatic rings. The van der Waals surface area contributed by atoms with Gasteiger partial charge < -0.3 is 9.88 Å². The van der Waals surface area contributed by atoms with E-state index in [4.69, 9.17) is 11.6 Å². The van der Waals surface area contributed by atoms with Crippen LogP contribution >= 0.6 is 41.7 Å². The fourth-order valence-electron chi connectivity index (χ4n) is 3.08. The van der Waals surface area contributed by atoms with Crippen LogP contribution < -0.4 is 4.90 Å². The van der Waals surface area contributed by atoms with Crippen molar-refractivity contribution in [2.75, 3.05) is 18.5 Å². The van der Waals surface area contributed by atoms with Crippen molar-refractivity contribution in [2.45, 2.75) is 11.4 Å². The first-order valence-corrected chi connectivity index (χ1v) is 10.7. The highest BCUT2D eigenvalue weighted by Gasteiger charge is 2.20. The molecule has 1 aliphatic rings. The Hall–Kier alpha value is -0.920. The molecule has 0 unspecified atom stereocenters. The second-order valence-corrected chi connectivity index (χ2v) is 7.73. The van der Waals surface area contributed by atoms with Crippen LogP contribution in [0.15, 0.2) is 35.5 Å². The minimum absolute atomic E-state index is 0.738. The van der Waals surface area contributed by atoms with E-state index in [9.17, 15) is 0 Å². The molecule has 112 valence electrons. The van der Waals surface area contributed by atoms with E-state index in [-0.39, 0.29) is 0 Å². The molecule has 0 amide bonds. The molecule has 0 atom stereocenters. The van der Waals surface area contributed by atoms with Crippen molar-refractivity contribution >= 4 is 58.5 Å². The Labute approximate surface area is 150 Å². The maximum absolute atomic E-state index is 6.45. The average molecular weight is 442 g/mol. The minimum Gasteiger partial charge on any atom is -0.374 e. The van der Waals surface area contributed by atoms with Gasteiger partial charge in [0, 0.05) is 57.6 Å². The number of nitrogens with one attached hydrogen (secondary N) is 1. The lowest BCUT2D eigenvalue weighted by Gasteiger charge is -2.13. The van der Waals surface area contributed by atoms with Gasteiger partial charge in [0.05, 0.1) is 10.0 Å². The zero-order valence-electron chi connectivity index (χ0n) is 11.9. The van der Waals surface area contributed by atoms with E-state index in [1.54, 1.807) is 15.1 Å². The zero-order valence-corrected chi connectivity index (χ0v) is 15.6. The third kappa shape index (κ3) is 2.21. The monoisotopic (exact) mass is 441 g/mol. The molecular formula is C16H13ClIN3S. The normalized spacial score (nSPS) is 13.9. The summed E-state index contributed by atoms with van der Waals surface area (Å²) in [6, 6.07) is 8.55. The Bertz CT molecular complexity index is 877. The molecule has 0 radical (unpaired) electrons. The molecule has 22 heavy (non-hydrogen) atoms. The van der Waals surface area contributed by atoms with Crippen molar-refractivity contribution in [3.8, 4) is 11.1 Å². The Morgan fingerprint density at radius 2 is 2.23 bits per heavy atom. The van der Waals surface area contributed by atoms with Crippen molar-refractivity contribution in [3.05, 3.63) is 41.0 Å². The summed E-state index contributed by atoms with van der Waals surface area (Å²) in [7, 11) is 3.81. The highest BCUT2D eigenvalue weighted by molar-refractivity contribution is 14.2. The lowest BCUT2D eigenvalue weighted by Crippen LogP contribution is -2.12. The van der Waals surface area contributed by atoms with E-state index in [0.717, 1.165) is 39.6 Å². The molecule has 1 N–H and O–H groups in total. The number of halogens is 2. The fraction of sp³-hybridized carbons (Fsp3) is 0.188. The van der Waals surface area contributed by atoms with Crippen LogP contribution in [0.2, 0.25) is 5.02 Å². The molecule has 1 aromatic carbocycles. The van der Waals surface area contributed by atoms with Gasteiger partial charge in [0.1, 0.15) is 5.65 Å². The number of anilines is 1. The molecule has 0 fully saturated rings.